The second-order valence-electron chi connectivity index (χ2n) is 9.70. The molecule has 5 aromatic rings. The van der Waals surface area contributed by atoms with E-state index >= 15 is 0 Å². The number of nitrogens with one attached hydrogen (secondary N) is 4. The van der Waals surface area contributed by atoms with E-state index < -0.39 is 52.8 Å². The topological polar surface area (TPSA) is 247 Å². The fourth-order valence-electron chi connectivity index (χ4n) is 4.83. The number of aromatic amines is 1. The molecule has 15 nitrogen and oxygen atoms in total. The standard InChI is InChI=1S/C28H21N7O8S2/c29-24-21(45(41,42)43)13-19(22-23(24)26(37)17-9-5-4-8-16(17)25(22)36)30-15-10-11-18(20(12-15)44(38,39)40)32-28-33-27(34-35-28)31-14-6-2-1-3-7-14/h1-13,30H,29H2,(H,38,39,40)(H,41,42,43)(H3,31,32,33,34,35). The molecule has 0 fully saturated rings. The van der Waals surface area contributed by atoms with Crippen molar-refractivity contribution in [3.63, 3.8) is 0 Å². The van der Waals surface area contributed by atoms with Gasteiger partial charge in [-0.1, -0.05) is 42.5 Å². The van der Waals surface area contributed by atoms with E-state index in [1.165, 1.54) is 36.4 Å². The normalized spacial score (nSPS) is 12.8. The molecule has 0 atom stereocenters. The van der Waals surface area contributed by atoms with E-state index in [2.05, 4.69) is 31.1 Å². The van der Waals surface area contributed by atoms with Crippen LogP contribution in [0.3, 0.4) is 0 Å². The lowest BCUT2D eigenvalue weighted by molar-refractivity contribution is 0.0980. The minimum atomic E-state index is -4.99. The summed E-state index contributed by atoms with van der Waals surface area (Å²) in [5.41, 5.74) is 4.90. The van der Waals surface area contributed by atoms with Gasteiger partial charge < -0.3 is 21.7 Å². The van der Waals surface area contributed by atoms with E-state index in [1.807, 2.05) is 18.2 Å². The number of nitrogens with zero attached hydrogens (tertiary/aromatic N) is 2. The van der Waals surface area contributed by atoms with Crippen molar-refractivity contribution >= 4 is 72.1 Å². The fraction of sp³-hybridized carbons (Fsp3) is 0. The number of aromatic nitrogens is 3. The molecular weight excluding hydrogens is 626 g/mol. The van der Waals surface area contributed by atoms with Crippen LogP contribution < -0.4 is 21.7 Å². The number of H-pyrrole nitrogens is 1. The second-order valence-corrected chi connectivity index (χ2v) is 12.5. The Bertz CT molecular complexity index is 2250. The Kier molecular flexibility index (Phi) is 7.09. The van der Waals surface area contributed by atoms with Crippen LogP contribution in [0.4, 0.5) is 40.3 Å². The smallest absolute Gasteiger partial charge is 0.296 e. The molecule has 4 aromatic carbocycles. The van der Waals surface area contributed by atoms with Gasteiger partial charge in [0.1, 0.15) is 9.79 Å². The van der Waals surface area contributed by atoms with Gasteiger partial charge in [0, 0.05) is 22.5 Å². The summed E-state index contributed by atoms with van der Waals surface area (Å²) in [4.78, 5) is 29.7. The van der Waals surface area contributed by atoms with E-state index in [0.717, 1.165) is 12.1 Å². The Morgan fingerprint density at radius 3 is 1.93 bits per heavy atom. The van der Waals surface area contributed by atoms with Crippen LogP contribution in [0.15, 0.2) is 88.7 Å². The highest BCUT2D eigenvalue weighted by Crippen LogP contribution is 2.40. The third-order valence-electron chi connectivity index (χ3n) is 6.78. The molecule has 17 heteroatoms. The minimum absolute atomic E-state index is 0.0154. The van der Waals surface area contributed by atoms with Gasteiger partial charge in [-0.2, -0.15) is 21.8 Å². The van der Waals surface area contributed by atoms with Crippen molar-refractivity contribution < 1.29 is 35.5 Å². The Morgan fingerprint density at radius 1 is 0.667 bits per heavy atom. The van der Waals surface area contributed by atoms with Crippen molar-refractivity contribution in [1.82, 2.24) is 15.2 Å². The molecule has 0 spiro atoms. The van der Waals surface area contributed by atoms with Gasteiger partial charge >= 0.3 is 0 Å². The summed E-state index contributed by atoms with van der Waals surface area (Å²) in [5, 5.41) is 15.0. The van der Waals surface area contributed by atoms with Gasteiger partial charge in [-0.25, -0.2) is 5.10 Å². The molecule has 0 unspecified atom stereocenters. The van der Waals surface area contributed by atoms with Crippen LogP contribution in [0, 0.1) is 0 Å². The zero-order chi connectivity index (χ0) is 32.1. The van der Waals surface area contributed by atoms with Crippen molar-refractivity contribution in [2.75, 3.05) is 21.7 Å². The second kappa shape index (κ2) is 10.8. The van der Waals surface area contributed by atoms with Crippen molar-refractivity contribution in [2.24, 2.45) is 0 Å². The van der Waals surface area contributed by atoms with Crippen LogP contribution in [0.1, 0.15) is 31.8 Å². The van der Waals surface area contributed by atoms with Crippen LogP contribution in [0.25, 0.3) is 0 Å². The molecule has 1 heterocycles. The van der Waals surface area contributed by atoms with E-state index in [9.17, 15) is 35.5 Å². The van der Waals surface area contributed by atoms with E-state index in [1.54, 1.807) is 12.1 Å². The summed E-state index contributed by atoms with van der Waals surface area (Å²) >= 11 is 0. The Morgan fingerprint density at radius 2 is 1.29 bits per heavy atom. The Hall–Kier alpha value is -5.62. The predicted molar refractivity (Wildman–Crippen MR) is 163 cm³/mol. The predicted octanol–water partition coefficient (Wildman–Crippen LogP) is 3.89. The Labute approximate surface area is 255 Å². The fourth-order valence-corrected chi connectivity index (χ4v) is 6.15. The van der Waals surface area contributed by atoms with Crippen LogP contribution in [0.2, 0.25) is 0 Å². The number of nitrogens with two attached hydrogens (primary N) is 1. The number of carbonyl (C=O) groups is 2. The third-order valence-corrected chi connectivity index (χ3v) is 8.57. The molecule has 1 aromatic heterocycles. The quantitative estimate of drug-likeness (QED) is 0.0915. The molecule has 0 saturated carbocycles. The summed E-state index contributed by atoms with van der Waals surface area (Å²) in [6.45, 7) is 0. The van der Waals surface area contributed by atoms with Crippen molar-refractivity contribution in [1.29, 1.82) is 0 Å². The number of rotatable bonds is 8. The molecule has 1 aliphatic carbocycles. The SMILES string of the molecule is Nc1c(S(=O)(=O)O)cc(Nc2ccc(Nc3n[nH]c(Nc4ccccc4)n3)c(S(=O)(=O)O)c2)c2c1C(=O)c1ccccc1C2=O. The third kappa shape index (κ3) is 5.58. The van der Waals surface area contributed by atoms with Crippen LogP contribution in [-0.4, -0.2) is 52.7 Å². The first kappa shape index (κ1) is 29.5. The Balaban J connectivity index is 1.39. The largest absolute Gasteiger partial charge is 0.397 e. The number of hydrogen-bond acceptors (Lipinski definition) is 12. The lowest BCUT2D eigenvalue weighted by atomic mass is 9.82. The maximum Gasteiger partial charge on any atom is 0.296 e. The first-order valence-corrected chi connectivity index (χ1v) is 15.7. The number of hydrogen-bond donors (Lipinski definition) is 7. The number of ketones is 2. The van der Waals surface area contributed by atoms with Crippen molar-refractivity contribution in [3.8, 4) is 0 Å². The van der Waals surface area contributed by atoms with Gasteiger partial charge in [-0.05, 0) is 36.4 Å². The van der Waals surface area contributed by atoms with Crippen molar-refractivity contribution in [2.45, 2.75) is 9.79 Å². The lowest BCUT2D eigenvalue weighted by Crippen LogP contribution is -2.25. The number of carbonyl (C=O) groups excluding carboxylic acids is 2. The molecule has 0 radical (unpaired) electrons. The van der Waals surface area contributed by atoms with Gasteiger partial charge in [0.15, 0.2) is 11.6 Å². The molecule has 228 valence electrons. The van der Waals surface area contributed by atoms with Crippen LogP contribution >= 0.6 is 0 Å². The lowest BCUT2D eigenvalue weighted by Gasteiger charge is -2.23. The van der Waals surface area contributed by atoms with E-state index in [-0.39, 0.29) is 45.6 Å². The molecule has 0 amide bonds. The number of fused-ring (bicyclic) bond motifs is 2. The highest BCUT2D eigenvalue weighted by atomic mass is 32.2. The van der Waals surface area contributed by atoms with Gasteiger partial charge in [-0.15, -0.1) is 5.10 Å². The molecular formula is C28H21N7O8S2. The maximum absolute atomic E-state index is 13.6. The first-order valence-electron chi connectivity index (χ1n) is 12.8. The van der Waals surface area contributed by atoms with Crippen molar-refractivity contribution in [3.05, 3.63) is 101 Å². The summed E-state index contributed by atoms with van der Waals surface area (Å²) in [5.74, 6) is -1.24. The van der Waals surface area contributed by atoms with Gasteiger partial charge in [0.25, 0.3) is 20.2 Å². The van der Waals surface area contributed by atoms with E-state index in [4.69, 9.17) is 5.73 Å². The van der Waals surface area contributed by atoms with Gasteiger partial charge in [0.05, 0.1) is 28.2 Å². The average Bonchev–Trinajstić information content (AvgIpc) is 3.43. The number of nitrogen functional groups attached to an aromatic ring is 1. The van der Waals surface area contributed by atoms with Crippen LogP contribution in [0.5, 0.6) is 0 Å². The number of anilines is 7. The molecule has 0 saturated heterocycles. The van der Waals surface area contributed by atoms with Gasteiger partial charge in [0.2, 0.25) is 11.9 Å². The van der Waals surface area contributed by atoms with Crippen LogP contribution in [-0.2, 0) is 20.2 Å². The molecule has 45 heavy (non-hydrogen) atoms. The first-order chi connectivity index (χ1) is 21.3. The summed E-state index contributed by atoms with van der Waals surface area (Å²) < 4.78 is 69.0. The monoisotopic (exact) mass is 647 g/mol. The van der Waals surface area contributed by atoms with E-state index in [0.29, 0.717) is 5.69 Å². The molecule has 6 rings (SSSR count). The summed E-state index contributed by atoms with van der Waals surface area (Å²) in [6.07, 6.45) is 0. The molecule has 8 N–H and O–H groups in total. The summed E-state index contributed by atoms with van der Waals surface area (Å²) in [6, 6.07) is 19.3. The number of benzene rings is 4. The molecule has 0 aliphatic heterocycles. The van der Waals surface area contributed by atoms with Gasteiger partial charge in [-0.3, -0.25) is 18.7 Å². The zero-order valence-corrected chi connectivity index (χ0v) is 24.3. The molecule has 0 bridgehead atoms. The zero-order valence-electron chi connectivity index (χ0n) is 22.6. The average molecular weight is 648 g/mol. The summed E-state index contributed by atoms with van der Waals surface area (Å²) in [7, 11) is -9.87. The molecule has 1 aliphatic rings. The maximum atomic E-state index is 13.6. The number of para-hydroxylation sites is 1. The highest BCUT2D eigenvalue weighted by Gasteiger charge is 2.36. The minimum Gasteiger partial charge on any atom is -0.397 e. The highest BCUT2D eigenvalue weighted by molar-refractivity contribution is 7.86.